The van der Waals surface area contributed by atoms with Crippen molar-refractivity contribution >= 4 is 44.4 Å². The van der Waals surface area contributed by atoms with Gasteiger partial charge in [0.25, 0.3) is 0 Å². The number of Topliss-reactive ketones (excluding diaryl/α,β-unsaturated/α-hetero) is 1. The average molecular weight is 489 g/mol. The van der Waals surface area contributed by atoms with Gasteiger partial charge in [0.05, 0.1) is 16.8 Å². The fourth-order valence-electron chi connectivity index (χ4n) is 4.77. The molecule has 1 aliphatic heterocycles. The van der Waals surface area contributed by atoms with E-state index >= 15 is 0 Å². The van der Waals surface area contributed by atoms with Crippen molar-refractivity contribution in [3.05, 3.63) is 34.4 Å². The molecular formula is C23H29BrN4O3. The van der Waals surface area contributed by atoms with Crippen LogP contribution in [0.1, 0.15) is 43.0 Å². The van der Waals surface area contributed by atoms with E-state index in [1.54, 1.807) is 13.1 Å². The zero-order valence-corrected chi connectivity index (χ0v) is 19.4. The molecule has 0 bridgehead atoms. The van der Waals surface area contributed by atoms with Crippen LogP contribution in [0.3, 0.4) is 0 Å². The van der Waals surface area contributed by atoms with Gasteiger partial charge in [-0.3, -0.25) is 14.7 Å². The van der Waals surface area contributed by atoms with Crippen LogP contribution in [0.15, 0.2) is 28.9 Å². The van der Waals surface area contributed by atoms with Crippen LogP contribution in [0.5, 0.6) is 0 Å². The predicted octanol–water partition coefficient (Wildman–Crippen LogP) is 4.47. The molecule has 2 fully saturated rings. The number of piperazine rings is 1. The molecule has 0 spiro atoms. The number of amides is 1. The van der Waals surface area contributed by atoms with Crippen LogP contribution < -0.4 is 5.32 Å². The van der Waals surface area contributed by atoms with Crippen LogP contribution in [0.4, 0.5) is 10.5 Å². The lowest BCUT2D eigenvalue weighted by atomic mass is 9.85. The molecule has 7 nitrogen and oxygen atoms in total. The molecule has 2 heterocycles. The highest BCUT2D eigenvalue weighted by atomic mass is 79.9. The highest BCUT2D eigenvalue weighted by molar-refractivity contribution is 9.10. The lowest BCUT2D eigenvalue weighted by Gasteiger charge is -2.37. The van der Waals surface area contributed by atoms with Gasteiger partial charge in [0.2, 0.25) is 0 Å². The number of rotatable bonds is 5. The first kappa shape index (κ1) is 22.0. The SMILES string of the molecule is CC(=O)c1cnc2ccc(Br)cc2c1NC1CCC(CN2CCN(C(=O)O)CC2)CC1. The molecule has 1 aromatic heterocycles. The minimum atomic E-state index is -0.813. The van der Waals surface area contributed by atoms with Crippen LogP contribution in [0.25, 0.3) is 10.9 Å². The second kappa shape index (κ2) is 9.53. The Hall–Kier alpha value is -2.19. The van der Waals surface area contributed by atoms with Crippen molar-refractivity contribution in [3.63, 3.8) is 0 Å². The number of nitrogens with zero attached hydrogens (tertiary/aromatic N) is 3. The number of pyridine rings is 1. The fourth-order valence-corrected chi connectivity index (χ4v) is 5.13. The highest BCUT2D eigenvalue weighted by Crippen LogP contribution is 2.33. The van der Waals surface area contributed by atoms with E-state index in [-0.39, 0.29) is 5.78 Å². The van der Waals surface area contributed by atoms with Crippen molar-refractivity contribution in [3.8, 4) is 0 Å². The summed E-state index contributed by atoms with van der Waals surface area (Å²) in [5.41, 5.74) is 2.42. The Morgan fingerprint density at radius 3 is 2.52 bits per heavy atom. The highest BCUT2D eigenvalue weighted by Gasteiger charge is 2.27. The lowest BCUT2D eigenvalue weighted by molar-refractivity contribution is 0.0936. The second-order valence-corrected chi connectivity index (χ2v) is 9.61. The third-order valence-corrected chi connectivity index (χ3v) is 7.06. The Kier molecular flexibility index (Phi) is 6.77. The topological polar surface area (TPSA) is 85.8 Å². The van der Waals surface area contributed by atoms with E-state index in [0.717, 1.165) is 66.4 Å². The van der Waals surface area contributed by atoms with Crippen molar-refractivity contribution in [1.29, 1.82) is 0 Å². The molecule has 166 valence electrons. The maximum absolute atomic E-state index is 12.2. The van der Waals surface area contributed by atoms with Crippen LogP contribution >= 0.6 is 15.9 Å². The van der Waals surface area contributed by atoms with Crippen molar-refractivity contribution in [2.45, 2.75) is 38.6 Å². The summed E-state index contributed by atoms with van der Waals surface area (Å²) in [6.07, 6.45) is 5.28. The van der Waals surface area contributed by atoms with Gasteiger partial charge in [0, 0.05) is 54.8 Å². The molecule has 2 N–H and O–H groups in total. The summed E-state index contributed by atoms with van der Waals surface area (Å²) in [6, 6.07) is 6.30. The summed E-state index contributed by atoms with van der Waals surface area (Å²) in [5.74, 6) is 0.663. The molecule has 0 atom stereocenters. The number of carbonyl (C=O) groups excluding carboxylic acids is 1. The summed E-state index contributed by atoms with van der Waals surface area (Å²) < 4.78 is 0.970. The smallest absolute Gasteiger partial charge is 0.407 e. The molecule has 2 aromatic rings. The Labute approximate surface area is 190 Å². The molecule has 31 heavy (non-hydrogen) atoms. The van der Waals surface area contributed by atoms with Gasteiger partial charge in [-0.05, 0) is 56.7 Å². The molecule has 2 aliphatic rings. The molecule has 0 radical (unpaired) electrons. The summed E-state index contributed by atoms with van der Waals surface area (Å²) >= 11 is 3.54. The molecule has 8 heteroatoms. The molecule has 1 amide bonds. The number of hydrogen-bond acceptors (Lipinski definition) is 5. The molecule has 1 saturated heterocycles. The Bertz CT molecular complexity index is 967. The molecule has 1 saturated carbocycles. The van der Waals surface area contributed by atoms with Gasteiger partial charge < -0.3 is 15.3 Å². The number of anilines is 1. The Balaban J connectivity index is 1.38. The minimum Gasteiger partial charge on any atom is -0.465 e. The zero-order valence-electron chi connectivity index (χ0n) is 17.8. The second-order valence-electron chi connectivity index (χ2n) is 8.70. The van der Waals surface area contributed by atoms with Gasteiger partial charge in [-0.2, -0.15) is 0 Å². The third-order valence-electron chi connectivity index (χ3n) is 6.56. The number of fused-ring (bicyclic) bond motifs is 1. The number of nitrogens with one attached hydrogen (secondary N) is 1. The molecule has 4 rings (SSSR count). The quantitative estimate of drug-likeness (QED) is 0.603. The van der Waals surface area contributed by atoms with E-state index < -0.39 is 6.09 Å². The van der Waals surface area contributed by atoms with Crippen molar-refractivity contribution in [2.24, 2.45) is 5.92 Å². The van der Waals surface area contributed by atoms with Gasteiger partial charge in [-0.15, -0.1) is 0 Å². The maximum atomic E-state index is 12.2. The number of halogens is 1. The zero-order chi connectivity index (χ0) is 22.0. The number of benzene rings is 1. The standard InChI is InChI=1S/C23H29BrN4O3/c1-15(29)20-13-25-21-7-4-17(24)12-19(21)22(20)26-18-5-2-16(3-6-18)14-27-8-10-28(11-9-27)23(30)31/h4,7,12-13,16,18H,2-3,5-6,8-11,14H2,1H3,(H,25,26)(H,30,31). The van der Waals surface area contributed by atoms with Gasteiger partial charge in [0.1, 0.15) is 0 Å². The third kappa shape index (κ3) is 5.18. The number of carbonyl (C=O) groups is 2. The summed E-state index contributed by atoms with van der Waals surface area (Å²) in [7, 11) is 0. The molecule has 1 aliphatic carbocycles. The number of hydrogen-bond donors (Lipinski definition) is 2. The van der Waals surface area contributed by atoms with Crippen LogP contribution in [0, 0.1) is 5.92 Å². The first-order chi connectivity index (χ1) is 14.9. The summed E-state index contributed by atoms with van der Waals surface area (Å²) in [4.78, 5) is 31.7. The predicted molar refractivity (Wildman–Crippen MR) is 125 cm³/mol. The van der Waals surface area contributed by atoms with Crippen molar-refractivity contribution in [2.75, 3.05) is 38.0 Å². The van der Waals surface area contributed by atoms with Gasteiger partial charge >= 0.3 is 6.09 Å². The van der Waals surface area contributed by atoms with Crippen molar-refractivity contribution in [1.82, 2.24) is 14.8 Å². The van der Waals surface area contributed by atoms with Crippen molar-refractivity contribution < 1.29 is 14.7 Å². The van der Waals surface area contributed by atoms with Crippen LogP contribution in [-0.2, 0) is 0 Å². The molecule has 1 aromatic carbocycles. The fraction of sp³-hybridized carbons (Fsp3) is 0.522. The van der Waals surface area contributed by atoms with E-state index in [9.17, 15) is 9.59 Å². The number of aromatic nitrogens is 1. The van der Waals surface area contributed by atoms with Gasteiger partial charge in [0.15, 0.2) is 5.78 Å². The summed E-state index contributed by atoms with van der Waals surface area (Å²) in [5, 5.41) is 13.8. The maximum Gasteiger partial charge on any atom is 0.407 e. The Morgan fingerprint density at radius 2 is 1.87 bits per heavy atom. The number of carboxylic acid groups (broad SMARTS) is 1. The van der Waals surface area contributed by atoms with E-state index in [1.807, 2.05) is 18.2 Å². The average Bonchev–Trinajstić information content (AvgIpc) is 2.75. The van der Waals surface area contributed by atoms with Crippen LogP contribution in [0.2, 0.25) is 0 Å². The number of ketones is 1. The van der Waals surface area contributed by atoms with E-state index in [2.05, 4.69) is 31.1 Å². The van der Waals surface area contributed by atoms with Gasteiger partial charge in [-0.25, -0.2) is 4.79 Å². The first-order valence-electron chi connectivity index (χ1n) is 11.0. The Morgan fingerprint density at radius 1 is 1.16 bits per heavy atom. The monoisotopic (exact) mass is 488 g/mol. The first-order valence-corrected chi connectivity index (χ1v) is 11.8. The largest absolute Gasteiger partial charge is 0.465 e. The van der Waals surface area contributed by atoms with Gasteiger partial charge in [-0.1, -0.05) is 15.9 Å². The van der Waals surface area contributed by atoms with E-state index in [1.165, 1.54) is 4.90 Å². The lowest BCUT2D eigenvalue weighted by Crippen LogP contribution is -2.49. The van der Waals surface area contributed by atoms with E-state index in [0.29, 0.717) is 30.6 Å². The van der Waals surface area contributed by atoms with E-state index in [4.69, 9.17) is 5.11 Å². The van der Waals surface area contributed by atoms with Crippen LogP contribution in [-0.4, -0.2) is 70.5 Å². The minimum absolute atomic E-state index is 0.0195. The summed E-state index contributed by atoms with van der Waals surface area (Å²) in [6.45, 7) is 5.49. The molecular weight excluding hydrogens is 460 g/mol. The molecule has 0 unspecified atom stereocenters. The normalized spacial score (nSPS) is 22.5.